The zero-order valence-electron chi connectivity index (χ0n) is 16.8. The van der Waals surface area contributed by atoms with Crippen molar-refractivity contribution in [1.82, 2.24) is 20.4 Å². The summed E-state index contributed by atoms with van der Waals surface area (Å²) >= 11 is 0. The molecule has 1 aromatic rings. The molecule has 0 radical (unpaired) electrons. The molecule has 1 amide bonds. The van der Waals surface area contributed by atoms with Crippen molar-refractivity contribution in [3.05, 3.63) is 29.8 Å². The molecule has 1 aromatic carbocycles. The van der Waals surface area contributed by atoms with Gasteiger partial charge in [-0.25, -0.2) is 4.99 Å². The lowest BCUT2D eigenvalue weighted by atomic mass is 10.1. The van der Waals surface area contributed by atoms with Gasteiger partial charge in [0.2, 0.25) is 5.91 Å². The van der Waals surface area contributed by atoms with Gasteiger partial charge in [-0.2, -0.15) is 0 Å². The fourth-order valence-electron chi connectivity index (χ4n) is 3.20. The van der Waals surface area contributed by atoms with Gasteiger partial charge in [0.25, 0.3) is 0 Å². The highest BCUT2D eigenvalue weighted by Crippen LogP contribution is 2.27. The van der Waals surface area contributed by atoms with Gasteiger partial charge in [-0.05, 0) is 11.6 Å². The van der Waals surface area contributed by atoms with Crippen LogP contribution in [0.5, 0.6) is 5.75 Å². The van der Waals surface area contributed by atoms with Crippen LogP contribution < -0.4 is 15.4 Å². The summed E-state index contributed by atoms with van der Waals surface area (Å²) in [6.07, 6.45) is 0.939. The van der Waals surface area contributed by atoms with Crippen LogP contribution in [0, 0.1) is 0 Å². The predicted octanol–water partition coefficient (Wildman–Crippen LogP) is -0.0543. The second-order valence-electron chi connectivity index (χ2n) is 7.27. The largest absolute Gasteiger partial charge is 0.488 e. The minimum atomic E-state index is -0.0289. The number of ether oxygens (including phenoxy) is 2. The van der Waals surface area contributed by atoms with Crippen LogP contribution in [0.25, 0.3) is 0 Å². The van der Waals surface area contributed by atoms with Gasteiger partial charge >= 0.3 is 0 Å². The molecule has 2 aliphatic heterocycles. The first-order chi connectivity index (χ1) is 13.6. The molecular weight excluding hydrogens is 358 g/mol. The quantitative estimate of drug-likeness (QED) is 0.503. The molecular formula is C20H31N5O3. The first-order valence-corrected chi connectivity index (χ1v) is 9.89. The van der Waals surface area contributed by atoms with Gasteiger partial charge in [0.05, 0.1) is 19.8 Å². The number of likely N-dealkylation sites (N-methyl/N-ethyl adjacent to an activating group) is 1. The van der Waals surface area contributed by atoms with Crippen LogP contribution in [-0.2, 0) is 16.0 Å². The molecule has 0 aliphatic carbocycles. The lowest BCUT2D eigenvalue weighted by molar-refractivity contribution is -0.127. The third-order valence-electron chi connectivity index (χ3n) is 4.91. The maximum atomic E-state index is 11.9. The summed E-state index contributed by atoms with van der Waals surface area (Å²) in [6, 6.07) is 8.12. The average Bonchev–Trinajstić information content (AvgIpc) is 3.13. The number of hydrogen-bond acceptors (Lipinski definition) is 5. The zero-order chi connectivity index (χ0) is 19.8. The number of fused-ring (bicyclic) bond motifs is 1. The van der Waals surface area contributed by atoms with Crippen molar-refractivity contribution in [2.24, 2.45) is 4.99 Å². The molecule has 2 aliphatic rings. The Hall–Kier alpha value is -2.32. The Bertz CT molecular complexity index is 649. The maximum absolute atomic E-state index is 11.9. The number of rotatable bonds is 7. The monoisotopic (exact) mass is 389 g/mol. The highest BCUT2D eigenvalue weighted by Gasteiger charge is 2.22. The van der Waals surface area contributed by atoms with Gasteiger partial charge in [-0.1, -0.05) is 18.2 Å². The Kier molecular flexibility index (Phi) is 7.50. The summed E-state index contributed by atoms with van der Waals surface area (Å²) in [7, 11) is 3.47. The van der Waals surface area contributed by atoms with Gasteiger partial charge in [-0.3, -0.25) is 9.69 Å². The Balaban J connectivity index is 1.49. The maximum Gasteiger partial charge on any atom is 0.243 e. The molecule has 1 atom stereocenters. The topological polar surface area (TPSA) is 78.4 Å². The lowest BCUT2D eigenvalue weighted by Crippen LogP contribution is -2.46. The molecule has 0 saturated carbocycles. The number of hydrogen-bond donors (Lipinski definition) is 2. The summed E-state index contributed by atoms with van der Waals surface area (Å²) in [6.45, 7) is 5.90. The number of aliphatic imine (C=N–C) groups is 1. The number of carbonyl (C=O) groups is 1. The van der Waals surface area contributed by atoms with Gasteiger partial charge in [0.1, 0.15) is 18.4 Å². The molecule has 1 unspecified atom stereocenters. The van der Waals surface area contributed by atoms with Gasteiger partial charge in [-0.15, -0.1) is 0 Å². The second-order valence-corrected chi connectivity index (χ2v) is 7.27. The molecule has 154 valence electrons. The number of amides is 1. The lowest BCUT2D eigenvalue weighted by Gasteiger charge is -2.27. The summed E-state index contributed by atoms with van der Waals surface area (Å²) in [5, 5.41) is 6.67. The number of nitrogens with zero attached hydrogens (tertiary/aromatic N) is 3. The van der Waals surface area contributed by atoms with Crippen LogP contribution >= 0.6 is 0 Å². The zero-order valence-corrected chi connectivity index (χ0v) is 16.8. The van der Waals surface area contributed by atoms with E-state index in [2.05, 4.69) is 26.6 Å². The van der Waals surface area contributed by atoms with E-state index in [1.807, 2.05) is 18.2 Å². The number of nitrogens with one attached hydrogen (secondary N) is 2. The minimum absolute atomic E-state index is 0.0289. The molecule has 8 heteroatoms. The third-order valence-corrected chi connectivity index (χ3v) is 4.91. The highest BCUT2D eigenvalue weighted by molar-refractivity contribution is 5.84. The summed E-state index contributed by atoms with van der Waals surface area (Å²) in [5.74, 6) is 1.57. The van der Waals surface area contributed by atoms with Crippen molar-refractivity contribution >= 4 is 11.9 Å². The van der Waals surface area contributed by atoms with Crippen LogP contribution in [0.2, 0.25) is 0 Å². The van der Waals surface area contributed by atoms with E-state index in [1.54, 1.807) is 19.0 Å². The van der Waals surface area contributed by atoms with Crippen molar-refractivity contribution in [1.29, 1.82) is 0 Å². The van der Waals surface area contributed by atoms with E-state index in [9.17, 15) is 4.79 Å². The average molecular weight is 390 g/mol. The van der Waals surface area contributed by atoms with Crippen LogP contribution in [0.4, 0.5) is 0 Å². The Morgan fingerprint density at radius 2 is 2.04 bits per heavy atom. The predicted molar refractivity (Wildman–Crippen MR) is 109 cm³/mol. The molecule has 0 aromatic heterocycles. The van der Waals surface area contributed by atoms with Crippen LogP contribution in [0.1, 0.15) is 5.56 Å². The molecule has 0 spiro atoms. The summed E-state index contributed by atoms with van der Waals surface area (Å²) < 4.78 is 11.4. The van der Waals surface area contributed by atoms with Crippen molar-refractivity contribution in [2.45, 2.75) is 12.5 Å². The number of carbonyl (C=O) groups excluding carboxylic acids is 1. The number of morpholine rings is 1. The first-order valence-electron chi connectivity index (χ1n) is 9.89. The number of para-hydroxylation sites is 1. The minimum Gasteiger partial charge on any atom is -0.488 e. The number of benzene rings is 1. The molecule has 1 saturated heterocycles. The number of guanidine groups is 1. The van der Waals surface area contributed by atoms with E-state index in [1.165, 1.54) is 5.56 Å². The molecule has 2 heterocycles. The molecule has 1 fully saturated rings. The fourth-order valence-corrected chi connectivity index (χ4v) is 3.20. The van der Waals surface area contributed by atoms with Crippen molar-refractivity contribution in [3.8, 4) is 5.75 Å². The molecule has 0 bridgehead atoms. The Morgan fingerprint density at radius 1 is 1.25 bits per heavy atom. The van der Waals surface area contributed by atoms with Crippen LogP contribution in [-0.4, -0.2) is 94.3 Å². The summed E-state index contributed by atoms with van der Waals surface area (Å²) in [4.78, 5) is 20.2. The van der Waals surface area contributed by atoms with Gasteiger partial charge in [0, 0.05) is 46.7 Å². The third kappa shape index (κ3) is 6.10. The van der Waals surface area contributed by atoms with Gasteiger partial charge in [0.15, 0.2) is 5.96 Å². The van der Waals surface area contributed by atoms with Crippen molar-refractivity contribution in [3.63, 3.8) is 0 Å². The van der Waals surface area contributed by atoms with Crippen LogP contribution in [0.15, 0.2) is 29.3 Å². The second kappa shape index (κ2) is 10.3. The first kappa shape index (κ1) is 20.4. The fraction of sp³-hybridized carbons (Fsp3) is 0.600. The summed E-state index contributed by atoms with van der Waals surface area (Å²) in [5.41, 5.74) is 1.23. The van der Waals surface area contributed by atoms with E-state index in [0.29, 0.717) is 12.5 Å². The Morgan fingerprint density at radius 3 is 2.79 bits per heavy atom. The van der Waals surface area contributed by atoms with E-state index in [0.717, 1.165) is 51.6 Å². The highest BCUT2D eigenvalue weighted by atomic mass is 16.5. The molecule has 2 N–H and O–H groups in total. The molecule has 28 heavy (non-hydrogen) atoms. The van der Waals surface area contributed by atoms with Crippen molar-refractivity contribution in [2.75, 3.05) is 66.6 Å². The van der Waals surface area contributed by atoms with Crippen LogP contribution in [0.3, 0.4) is 0 Å². The molecule has 3 rings (SSSR count). The van der Waals surface area contributed by atoms with E-state index in [4.69, 9.17) is 9.47 Å². The molecule has 8 nitrogen and oxygen atoms in total. The smallest absolute Gasteiger partial charge is 0.243 e. The van der Waals surface area contributed by atoms with E-state index < -0.39 is 0 Å². The van der Waals surface area contributed by atoms with E-state index in [-0.39, 0.29) is 18.6 Å². The standard InChI is InChI=1S/C20H31N5O3/c1-24(2)19(26)15-23-20(21-7-8-25-9-11-27-12-10-25)22-14-17-13-16-5-3-4-6-18(16)28-17/h3-6,17H,7-15H2,1-2H3,(H2,21,22,23). The van der Waals surface area contributed by atoms with E-state index >= 15 is 0 Å². The van der Waals surface area contributed by atoms with Crippen molar-refractivity contribution < 1.29 is 14.3 Å². The normalized spacial score (nSPS) is 19.6. The van der Waals surface area contributed by atoms with Gasteiger partial charge < -0.3 is 25.0 Å². The Labute approximate surface area is 166 Å². The SMILES string of the molecule is CN(C)C(=O)CN=C(NCCN1CCOCC1)NCC1Cc2ccccc2O1.